The van der Waals surface area contributed by atoms with Crippen molar-refractivity contribution in [3.8, 4) is 0 Å². The van der Waals surface area contributed by atoms with E-state index in [4.69, 9.17) is 0 Å². The van der Waals surface area contributed by atoms with Crippen LogP contribution >= 0.6 is 0 Å². The average molecular weight is 241 g/mol. The molecule has 2 unspecified atom stereocenters. The predicted octanol–water partition coefficient (Wildman–Crippen LogP) is 1.41. The Balaban J connectivity index is 2.05. The summed E-state index contributed by atoms with van der Waals surface area (Å²) in [5, 5.41) is 6.93. The van der Waals surface area contributed by atoms with E-state index < -0.39 is 0 Å². The third-order valence-electron chi connectivity index (χ3n) is 4.03. The van der Waals surface area contributed by atoms with Gasteiger partial charge in [0.15, 0.2) is 0 Å². The molecule has 1 aliphatic heterocycles. The Morgan fingerprint density at radius 2 is 2.06 bits per heavy atom. The molecule has 0 amide bonds. The van der Waals surface area contributed by atoms with Gasteiger partial charge in [-0.25, -0.2) is 0 Å². The van der Waals surface area contributed by atoms with Crippen molar-refractivity contribution in [3.05, 3.63) is 0 Å². The first-order valence-corrected chi connectivity index (χ1v) is 7.17. The van der Waals surface area contributed by atoms with Gasteiger partial charge >= 0.3 is 0 Å². The molecule has 102 valence electrons. The maximum Gasteiger partial charge on any atom is 0.000756 e. The van der Waals surface area contributed by atoms with Gasteiger partial charge < -0.3 is 15.5 Å². The average Bonchev–Trinajstić information content (AvgIpc) is 2.68. The quantitative estimate of drug-likeness (QED) is 0.629. The second-order valence-electron chi connectivity index (χ2n) is 5.97. The minimum atomic E-state index is 0.756. The Morgan fingerprint density at radius 3 is 2.59 bits per heavy atom. The molecule has 0 saturated carbocycles. The van der Waals surface area contributed by atoms with E-state index in [2.05, 4.69) is 36.4 Å². The lowest BCUT2D eigenvalue weighted by molar-refractivity contribution is 0.342. The van der Waals surface area contributed by atoms with E-state index in [-0.39, 0.29) is 0 Å². The van der Waals surface area contributed by atoms with Crippen LogP contribution in [0.25, 0.3) is 0 Å². The highest BCUT2D eigenvalue weighted by Crippen LogP contribution is 2.17. The number of rotatable bonds is 8. The fourth-order valence-electron chi connectivity index (χ4n) is 2.66. The molecule has 2 N–H and O–H groups in total. The lowest BCUT2D eigenvalue weighted by Gasteiger charge is -2.21. The lowest BCUT2D eigenvalue weighted by atomic mass is 9.95. The highest BCUT2D eigenvalue weighted by molar-refractivity contribution is 4.74. The van der Waals surface area contributed by atoms with Gasteiger partial charge in [0.05, 0.1) is 0 Å². The van der Waals surface area contributed by atoms with Gasteiger partial charge in [-0.2, -0.15) is 0 Å². The first kappa shape index (κ1) is 14.9. The number of likely N-dealkylation sites (tertiary alicyclic amines) is 1. The van der Waals surface area contributed by atoms with Crippen molar-refractivity contribution in [1.29, 1.82) is 0 Å². The molecular formula is C14H31N3. The Kier molecular flexibility index (Phi) is 7.09. The summed E-state index contributed by atoms with van der Waals surface area (Å²) in [6, 6.07) is 0. The first-order valence-electron chi connectivity index (χ1n) is 7.17. The molecule has 1 rings (SSSR count). The van der Waals surface area contributed by atoms with E-state index >= 15 is 0 Å². The van der Waals surface area contributed by atoms with Crippen LogP contribution in [0, 0.1) is 17.8 Å². The van der Waals surface area contributed by atoms with Gasteiger partial charge in [0.1, 0.15) is 0 Å². The molecule has 3 heteroatoms. The maximum atomic E-state index is 3.63. The lowest BCUT2D eigenvalue weighted by Crippen LogP contribution is -2.34. The standard InChI is InChI=1S/C14H31N3/c1-12(2)14(9-15-3)10-16-7-5-13-6-8-17(4)11-13/h12-16H,5-11H2,1-4H3. The number of nitrogens with one attached hydrogen (secondary N) is 2. The Morgan fingerprint density at radius 1 is 1.29 bits per heavy atom. The molecule has 17 heavy (non-hydrogen) atoms. The number of nitrogens with zero attached hydrogens (tertiary/aromatic N) is 1. The molecule has 2 atom stereocenters. The third-order valence-corrected chi connectivity index (χ3v) is 4.03. The zero-order valence-corrected chi connectivity index (χ0v) is 12.1. The van der Waals surface area contributed by atoms with Crippen molar-refractivity contribution in [1.82, 2.24) is 15.5 Å². The van der Waals surface area contributed by atoms with Gasteiger partial charge in [0.2, 0.25) is 0 Å². The van der Waals surface area contributed by atoms with E-state index in [0.717, 1.165) is 30.8 Å². The normalized spacial score (nSPS) is 23.5. The van der Waals surface area contributed by atoms with Gasteiger partial charge in [-0.05, 0) is 70.9 Å². The van der Waals surface area contributed by atoms with Gasteiger partial charge in [-0.3, -0.25) is 0 Å². The van der Waals surface area contributed by atoms with E-state index in [0.29, 0.717) is 0 Å². The summed E-state index contributed by atoms with van der Waals surface area (Å²) in [4.78, 5) is 2.45. The molecule has 0 aliphatic carbocycles. The van der Waals surface area contributed by atoms with Crippen LogP contribution < -0.4 is 10.6 Å². The summed E-state index contributed by atoms with van der Waals surface area (Å²) >= 11 is 0. The molecule has 1 heterocycles. The van der Waals surface area contributed by atoms with Gasteiger partial charge in [-0.15, -0.1) is 0 Å². The SMILES string of the molecule is CNCC(CNCCC1CCN(C)C1)C(C)C. The van der Waals surface area contributed by atoms with Gasteiger partial charge in [0, 0.05) is 6.54 Å². The number of hydrogen-bond acceptors (Lipinski definition) is 3. The molecular weight excluding hydrogens is 210 g/mol. The van der Waals surface area contributed by atoms with Crippen LogP contribution in [0.5, 0.6) is 0 Å². The van der Waals surface area contributed by atoms with Crippen LogP contribution in [0.3, 0.4) is 0 Å². The zero-order chi connectivity index (χ0) is 12.7. The fourth-order valence-corrected chi connectivity index (χ4v) is 2.66. The fraction of sp³-hybridized carbons (Fsp3) is 1.00. The number of hydrogen-bond donors (Lipinski definition) is 2. The van der Waals surface area contributed by atoms with E-state index in [1.165, 1.54) is 32.5 Å². The largest absolute Gasteiger partial charge is 0.319 e. The summed E-state index contributed by atoms with van der Waals surface area (Å²) in [6.07, 6.45) is 2.73. The molecule has 0 spiro atoms. The van der Waals surface area contributed by atoms with Crippen LogP contribution in [0.4, 0.5) is 0 Å². The second-order valence-corrected chi connectivity index (χ2v) is 5.97. The Bertz CT molecular complexity index is 194. The van der Waals surface area contributed by atoms with E-state index in [9.17, 15) is 0 Å². The maximum absolute atomic E-state index is 3.63. The molecule has 0 aromatic heterocycles. The molecule has 1 aliphatic rings. The van der Waals surface area contributed by atoms with Crippen LogP contribution in [0.2, 0.25) is 0 Å². The summed E-state index contributed by atoms with van der Waals surface area (Å²) < 4.78 is 0. The van der Waals surface area contributed by atoms with Crippen LogP contribution in [-0.2, 0) is 0 Å². The minimum Gasteiger partial charge on any atom is -0.319 e. The molecule has 1 fully saturated rings. The highest BCUT2D eigenvalue weighted by Gasteiger charge is 2.19. The van der Waals surface area contributed by atoms with Crippen molar-refractivity contribution < 1.29 is 0 Å². The Hall–Kier alpha value is -0.120. The molecule has 0 bridgehead atoms. The van der Waals surface area contributed by atoms with Crippen molar-refractivity contribution in [2.75, 3.05) is 46.8 Å². The Labute approximate surface area is 107 Å². The van der Waals surface area contributed by atoms with Gasteiger partial charge in [-0.1, -0.05) is 13.8 Å². The van der Waals surface area contributed by atoms with Crippen molar-refractivity contribution in [2.45, 2.75) is 26.7 Å². The summed E-state index contributed by atoms with van der Waals surface area (Å²) in [7, 11) is 4.28. The summed E-state index contributed by atoms with van der Waals surface area (Å²) in [5.74, 6) is 2.44. The molecule has 3 nitrogen and oxygen atoms in total. The van der Waals surface area contributed by atoms with Crippen molar-refractivity contribution >= 4 is 0 Å². The van der Waals surface area contributed by atoms with Crippen molar-refractivity contribution in [3.63, 3.8) is 0 Å². The van der Waals surface area contributed by atoms with Crippen molar-refractivity contribution in [2.24, 2.45) is 17.8 Å². The van der Waals surface area contributed by atoms with E-state index in [1.807, 2.05) is 7.05 Å². The highest BCUT2D eigenvalue weighted by atomic mass is 15.1. The zero-order valence-electron chi connectivity index (χ0n) is 12.1. The van der Waals surface area contributed by atoms with Crippen LogP contribution in [0.1, 0.15) is 26.7 Å². The minimum absolute atomic E-state index is 0.756. The second kappa shape index (κ2) is 8.06. The molecule has 0 aromatic rings. The molecule has 0 radical (unpaired) electrons. The molecule has 1 saturated heterocycles. The van der Waals surface area contributed by atoms with Gasteiger partial charge in [0.25, 0.3) is 0 Å². The van der Waals surface area contributed by atoms with Crippen LogP contribution in [0.15, 0.2) is 0 Å². The summed E-state index contributed by atoms with van der Waals surface area (Å²) in [6.45, 7) is 10.7. The summed E-state index contributed by atoms with van der Waals surface area (Å²) in [5.41, 5.74) is 0. The molecule has 0 aromatic carbocycles. The third kappa shape index (κ3) is 5.84. The monoisotopic (exact) mass is 241 g/mol. The van der Waals surface area contributed by atoms with Crippen LogP contribution in [-0.4, -0.2) is 51.7 Å². The van der Waals surface area contributed by atoms with E-state index in [1.54, 1.807) is 0 Å². The smallest absolute Gasteiger partial charge is 0.000756 e. The predicted molar refractivity (Wildman–Crippen MR) is 75.3 cm³/mol. The first-order chi connectivity index (χ1) is 8.13. The topological polar surface area (TPSA) is 27.3 Å².